The zero-order valence-corrected chi connectivity index (χ0v) is 12.4. The smallest absolute Gasteiger partial charge is 0.152 e. The molecule has 4 nitrogen and oxygen atoms in total. The quantitative estimate of drug-likeness (QED) is 0.822. The van der Waals surface area contributed by atoms with E-state index in [1.54, 1.807) is 11.8 Å². The van der Waals surface area contributed by atoms with Crippen LogP contribution in [0.3, 0.4) is 0 Å². The predicted molar refractivity (Wildman–Crippen MR) is 83.1 cm³/mol. The van der Waals surface area contributed by atoms with Crippen molar-refractivity contribution in [3.8, 4) is 0 Å². The Morgan fingerprint density at radius 1 is 1.42 bits per heavy atom. The normalized spacial score (nSPS) is 10.7. The van der Waals surface area contributed by atoms with Gasteiger partial charge < -0.3 is 11.1 Å². The molecule has 0 unspecified atom stereocenters. The Morgan fingerprint density at radius 3 is 2.89 bits per heavy atom. The van der Waals surface area contributed by atoms with Crippen LogP contribution in [0.2, 0.25) is 0 Å². The van der Waals surface area contributed by atoms with Gasteiger partial charge in [-0.1, -0.05) is 19.4 Å². The molecule has 1 heterocycles. The molecule has 5 heteroatoms. The van der Waals surface area contributed by atoms with Gasteiger partial charge in [0, 0.05) is 17.6 Å². The Labute approximate surface area is 118 Å². The van der Waals surface area contributed by atoms with Crippen LogP contribution in [0.5, 0.6) is 0 Å². The van der Waals surface area contributed by atoms with Crippen LogP contribution < -0.4 is 11.1 Å². The molecule has 0 radical (unpaired) electrons. The van der Waals surface area contributed by atoms with Gasteiger partial charge in [-0.15, -0.1) is 11.8 Å². The number of anilines is 3. The Bertz CT molecular complexity index is 563. The van der Waals surface area contributed by atoms with Crippen molar-refractivity contribution in [2.45, 2.75) is 24.7 Å². The number of thioether (sulfide) groups is 1. The summed E-state index contributed by atoms with van der Waals surface area (Å²) in [6.07, 6.45) is 4.02. The maximum atomic E-state index is 6.16. The number of benzene rings is 1. The molecule has 2 rings (SSSR count). The molecular weight excluding hydrogens is 256 g/mol. The Kier molecular flexibility index (Phi) is 4.37. The summed E-state index contributed by atoms with van der Waals surface area (Å²) in [6.45, 7) is 2.13. The molecule has 0 bridgehead atoms. The number of hydrogen-bond acceptors (Lipinski definition) is 4. The van der Waals surface area contributed by atoms with Gasteiger partial charge in [0.25, 0.3) is 0 Å². The molecule has 1 aromatic heterocycles. The van der Waals surface area contributed by atoms with Gasteiger partial charge in [0.05, 0.1) is 11.4 Å². The van der Waals surface area contributed by atoms with E-state index in [-0.39, 0.29) is 0 Å². The van der Waals surface area contributed by atoms with Crippen molar-refractivity contribution >= 4 is 29.0 Å². The third-order valence-electron chi connectivity index (χ3n) is 2.98. The number of aryl methyl sites for hydroxylation is 2. The Morgan fingerprint density at radius 2 is 2.21 bits per heavy atom. The minimum Gasteiger partial charge on any atom is -0.394 e. The first-order chi connectivity index (χ1) is 9.15. The third kappa shape index (κ3) is 3.04. The number of nitrogens with two attached hydrogens (primary N) is 1. The van der Waals surface area contributed by atoms with Gasteiger partial charge in [0.1, 0.15) is 0 Å². The van der Waals surface area contributed by atoms with Gasteiger partial charge >= 0.3 is 0 Å². The van der Waals surface area contributed by atoms with Crippen LogP contribution in [0.15, 0.2) is 29.2 Å². The largest absolute Gasteiger partial charge is 0.394 e. The number of nitrogens with one attached hydrogen (secondary N) is 1. The van der Waals surface area contributed by atoms with Crippen LogP contribution in [-0.4, -0.2) is 16.0 Å². The molecule has 19 heavy (non-hydrogen) atoms. The lowest BCUT2D eigenvalue weighted by Gasteiger charge is -2.08. The first-order valence-corrected chi connectivity index (χ1v) is 7.60. The first-order valence-electron chi connectivity index (χ1n) is 6.38. The average Bonchev–Trinajstić information content (AvgIpc) is 2.67. The number of nitrogens with zero attached hydrogens (tertiary/aromatic N) is 2. The van der Waals surface area contributed by atoms with Crippen molar-refractivity contribution in [2.24, 2.45) is 7.05 Å². The van der Waals surface area contributed by atoms with Crippen molar-refractivity contribution in [3.63, 3.8) is 0 Å². The topological polar surface area (TPSA) is 55.9 Å². The van der Waals surface area contributed by atoms with Gasteiger partial charge in [-0.05, 0) is 30.9 Å². The molecule has 0 saturated carbocycles. The van der Waals surface area contributed by atoms with E-state index in [0.717, 1.165) is 35.7 Å². The molecule has 0 aliphatic heterocycles. The van der Waals surface area contributed by atoms with Gasteiger partial charge in [0.2, 0.25) is 0 Å². The highest BCUT2D eigenvalue weighted by molar-refractivity contribution is 7.98. The standard InChI is InChI=1S/C14H20N4S/c1-4-6-12-13(15)14(18(2)17-12)16-10-7-5-8-11(9-10)19-3/h5,7-9,16H,4,6,15H2,1-3H3. The summed E-state index contributed by atoms with van der Waals surface area (Å²) < 4.78 is 1.81. The third-order valence-corrected chi connectivity index (χ3v) is 3.70. The predicted octanol–water partition coefficient (Wildman–Crippen LogP) is 3.42. The second-order valence-corrected chi connectivity index (χ2v) is 5.32. The summed E-state index contributed by atoms with van der Waals surface area (Å²) in [5.41, 5.74) is 8.90. The Balaban J connectivity index is 2.27. The monoisotopic (exact) mass is 276 g/mol. The number of nitrogen functional groups attached to an aromatic ring is 1. The molecule has 0 spiro atoms. The maximum absolute atomic E-state index is 6.16. The van der Waals surface area contributed by atoms with Crippen molar-refractivity contribution in [2.75, 3.05) is 17.3 Å². The van der Waals surface area contributed by atoms with Crippen LogP contribution in [-0.2, 0) is 13.5 Å². The molecule has 0 saturated heterocycles. The molecule has 102 valence electrons. The van der Waals surface area contributed by atoms with Gasteiger partial charge in [-0.3, -0.25) is 4.68 Å². The van der Waals surface area contributed by atoms with E-state index in [1.807, 2.05) is 23.9 Å². The number of rotatable bonds is 5. The van der Waals surface area contributed by atoms with Crippen LogP contribution in [0.25, 0.3) is 0 Å². The molecule has 0 atom stereocenters. The van der Waals surface area contributed by atoms with Crippen molar-refractivity contribution in [1.29, 1.82) is 0 Å². The SMILES string of the molecule is CCCc1nn(C)c(Nc2cccc(SC)c2)c1N. The zero-order valence-electron chi connectivity index (χ0n) is 11.6. The van der Waals surface area contributed by atoms with Crippen LogP contribution in [0.1, 0.15) is 19.0 Å². The minimum atomic E-state index is 0.749. The molecule has 1 aromatic carbocycles. The van der Waals surface area contributed by atoms with Crippen LogP contribution in [0.4, 0.5) is 17.2 Å². The van der Waals surface area contributed by atoms with E-state index in [0.29, 0.717) is 0 Å². The van der Waals surface area contributed by atoms with Crippen LogP contribution in [0, 0.1) is 0 Å². The summed E-state index contributed by atoms with van der Waals surface area (Å²) in [4.78, 5) is 1.22. The fourth-order valence-electron chi connectivity index (χ4n) is 2.00. The zero-order chi connectivity index (χ0) is 13.8. The number of hydrogen-bond donors (Lipinski definition) is 2. The fraction of sp³-hybridized carbons (Fsp3) is 0.357. The summed E-state index contributed by atoms with van der Waals surface area (Å²) >= 11 is 1.72. The second-order valence-electron chi connectivity index (χ2n) is 4.44. The van der Waals surface area contributed by atoms with Gasteiger partial charge in [-0.2, -0.15) is 5.10 Å². The average molecular weight is 276 g/mol. The van der Waals surface area contributed by atoms with Gasteiger partial charge in [-0.25, -0.2) is 0 Å². The van der Waals surface area contributed by atoms with Crippen molar-refractivity contribution in [3.05, 3.63) is 30.0 Å². The molecule has 0 aliphatic rings. The second kappa shape index (κ2) is 6.02. The van der Waals surface area contributed by atoms with E-state index in [9.17, 15) is 0 Å². The molecule has 2 aromatic rings. The molecule has 0 fully saturated rings. The number of aromatic nitrogens is 2. The highest BCUT2D eigenvalue weighted by Gasteiger charge is 2.12. The lowest BCUT2D eigenvalue weighted by molar-refractivity contribution is 0.740. The molecular formula is C14H20N4S. The summed E-state index contributed by atoms with van der Waals surface area (Å²) in [5, 5.41) is 7.82. The van der Waals surface area contributed by atoms with Crippen LogP contribution >= 0.6 is 11.8 Å². The fourth-order valence-corrected chi connectivity index (χ4v) is 2.46. The summed E-state index contributed by atoms with van der Waals surface area (Å²) in [7, 11) is 1.91. The Hall–Kier alpha value is -1.62. The van der Waals surface area contributed by atoms with E-state index in [4.69, 9.17) is 5.73 Å². The van der Waals surface area contributed by atoms with Crippen molar-refractivity contribution in [1.82, 2.24) is 9.78 Å². The van der Waals surface area contributed by atoms with E-state index >= 15 is 0 Å². The van der Waals surface area contributed by atoms with Crippen molar-refractivity contribution < 1.29 is 0 Å². The first kappa shape index (κ1) is 13.8. The van der Waals surface area contributed by atoms with Gasteiger partial charge in [0.15, 0.2) is 5.82 Å². The highest BCUT2D eigenvalue weighted by Crippen LogP contribution is 2.28. The summed E-state index contributed by atoms with van der Waals surface area (Å²) in [6, 6.07) is 8.26. The lowest BCUT2D eigenvalue weighted by Crippen LogP contribution is -2.01. The molecule has 0 aliphatic carbocycles. The highest BCUT2D eigenvalue weighted by atomic mass is 32.2. The summed E-state index contributed by atoms with van der Waals surface area (Å²) in [5.74, 6) is 0.863. The van der Waals surface area contributed by atoms with E-state index in [2.05, 4.69) is 35.7 Å². The molecule has 0 amide bonds. The van der Waals surface area contributed by atoms with E-state index in [1.165, 1.54) is 4.90 Å². The minimum absolute atomic E-state index is 0.749. The maximum Gasteiger partial charge on any atom is 0.152 e. The lowest BCUT2D eigenvalue weighted by atomic mass is 10.2. The molecule has 3 N–H and O–H groups in total. The van der Waals surface area contributed by atoms with E-state index < -0.39 is 0 Å².